The molecule has 1 heteroatoms. The Bertz CT molecular complexity index is 811. The van der Waals surface area contributed by atoms with Crippen LogP contribution in [0.15, 0.2) is 0 Å². The topological polar surface area (TPSA) is 0 Å². The first kappa shape index (κ1) is 52.9. The SMILES string of the molecule is CCCCC(CCCC)(CCCC)[C]1([Cr]([C]2(C(CCCC)(CCCC)CCCC)CCCCC2)[C]2(C(CCCC)(CCCC)CCCC)CCCCC2)CCCCC1. The first-order chi connectivity index (χ1) is 28.3. The first-order valence-corrected chi connectivity index (χ1v) is 29.9. The van der Waals surface area contributed by atoms with E-state index in [-0.39, 0.29) is 0 Å². The molecule has 0 saturated heterocycles. The van der Waals surface area contributed by atoms with Crippen molar-refractivity contribution in [3.05, 3.63) is 0 Å². The summed E-state index contributed by atoms with van der Waals surface area (Å²) in [6.45, 7) is 23.1. The first-order valence-electron chi connectivity index (χ1n) is 28.0. The van der Waals surface area contributed by atoms with E-state index in [9.17, 15) is 0 Å². The zero-order valence-electron chi connectivity index (χ0n) is 42.1. The molecule has 0 atom stereocenters. The second-order valence-corrected chi connectivity index (χ2v) is 26.4. The molecule has 3 rings (SSSR count). The molecule has 0 unspecified atom stereocenters. The molecule has 0 aromatic carbocycles. The third-order valence-electron chi connectivity index (χ3n) is 18.1. The molecule has 3 saturated carbocycles. The van der Waals surface area contributed by atoms with Gasteiger partial charge in [0.1, 0.15) is 0 Å². The molecule has 3 aliphatic rings. The summed E-state index contributed by atoms with van der Waals surface area (Å²) in [6.07, 6.45) is 64.1. The van der Waals surface area contributed by atoms with E-state index in [1.165, 1.54) is 135 Å². The van der Waals surface area contributed by atoms with Gasteiger partial charge in [-0.15, -0.1) is 0 Å². The van der Waals surface area contributed by atoms with Gasteiger partial charge >= 0.3 is 375 Å². The van der Waals surface area contributed by atoms with Crippen LogP contribution in [0.3, 0.4) is 0 Å². The van der Waals surface area contributed by atoms with E-state index in [0.29, 0.717) is 29.1 Å². The Balaban J connectivity index is 2.78. The van der Waals surface area contributed by atoms with Crippen LogP contribution in [0.1, 0.15) is 332 Å². The van der Waals surface area contributed by atoms with Crippen LogP contribution in [0.4, 0.5) is 0 Å². The fourth-order valence-electron chi connectivity index (χ4n) is 15.2. The molecule has 0 heterocycles. The molecular weight excluding hydrogens is 737 g/mol. The van der Waals surface area contributed by atoms with Crippen LogP contribution in [-0.2, 0) is 14.1 Å². The van der Waals surface area contributed by atoms with Crippen molar-refractivity contribution < 1.29 is 14.1 Å². The fourth-order valence-corrected chi connectivity index (χ4v) is 25.4. The van der Waals surface area contributed by atoms with Gasteiger partial charge < -0.3 is 0 Å². The maximum atomic E-state index is 2.56. The number of hydrogen-bond donors (Lipinski definition) is 0. The van der Waals surface area contributed by atoms with Crippen molar-refractivity contribution in [3.63, 3.8) is 0 Å². The van der Waals surface area contributed by atoms with Gasteiger partial charge in [0, 0.05) is 0 Å². The van der Waals surface area contributed by atoms with Crippen molar-refractivity contribution in [2.24, 2.45) is 16.2 Å². The van der Waals surface area contributed by atoms with E-state index >= 15 is 0 Å². The summed E-state index contributed by atoms with van der Waals surface area (Å²) in [6, 6.07) is 0. The number of unbranched alkanes of at least 4 members (excludes halogenated alkanes) is 9. The molecule has 3 aliphatic carbocycles. The van der Waals surface area contributed by atoms with Crippen LogP contribution in [0.5, 0.6) is 0 Å². The summed E-state index contributed by atoms with van der Waals surface area (Å²) in [4.78, 5) is 0. The average Bonchev–Trinajstić information content (AvgIpc) is 3.26. The Hall–Kier alpha value is 0.532. The van der Waals surface area contributed by atoms with Gasteiger partial charge in [-0.25, -0.2) is 0 Å². The molecule has 0 aromatic rings. The standard InChI is InChI=1S/3C19H37.Cr/c3*1-4-7-15-19(16-8-5-2,17-9-6-3)18-13-11-10-12-14-18;/h3*4-17H2,1-3H3;. The predicted octanol–water partition coefficient (Wildman–Crippen LogP) is 21.6. The minimum atomic E-state index is -1.39. The second kappa shape index (κ2) is 27.7. The molecule has 0 amide bonds. The third-order valence-corrected chi connectivity index (χ3v) is 25.7. The van der Waals surface area contributed by atoms with Crippen LogP contribution in [0, 0.1) is 16.2 Å². The summed E-state index contributed by atoms with van der Waals surface area (Å²) >= 11 is -1.39. The number of hydrogen-bond acceptors (Lipinski definition) is 0. The quantitative estimate of drug-likeness (QED) is 0.0617. The van der Waals surface area contributed by atoms with Crippen molar-refractivity contribution >= 4 is 0 Å². The molecule has 0 spiro atoms. The van der Waals surface area contributed by atoms with Crippen LogP contribution in [0.25, 0.3) is 0 Å². The van der Waals surface area contributed by atoms with Crippen molar-refractivity contribution in [3.8, 4) is 0 Å². The van der Waals surface area contributed by atoms with Crippen molar-refractivity contribution in [2.45, 2.75) is 345 Å². The summed E-state index contributed by atoms with van der Waals surface area (Å²) in [5.74, 6) is 0. The van der Waals surface area contributed by atoms with E-state index in [2.05, 4.69) is 62.3 Å². The van der Waals surface area contributed by atoms with Gasteiger partial charge in [0.05, 0.1) is 0 Å². The number of rotatable bonds is 33. The maximum absolute atomic E-state index is 2.56. The Morgan fingerprint density at radius 2 is 0.414 bits per heavy atom. The van der Waals surface area contributed by atoms with Crippen LogP contribution < -0.4 is 0 Å². The van der Waals surface area contributed by atoms with Gasteiger partial charge in [0.25, 0.3) is 0 Å². The Morgan fingerprint density at radius 3 is 0.552 bits per heavy atom. The monoisotopic (exact) mass is 848 g/mol. The summed E-state index contributed by atoms with van der Waals surface area (Å²) in [7, 11) is 0. The van der Waals surface area contributed by atoms with Crippen LogP contribution >= 0.6 is 0 Å². The minimum absolute atomic E-state index is 0.563. The predicted molar refractivity (Wildman–Crippen MR) is 260 cm³/mol. The van der Waals surface area contributed by atoms with Gasteiger partial charge in [0.2, 0.25) is 0 Å². The molecule has 345 valence electrons. The average molecular weight is 849 g/mol. The van der Waals surface area contributed by atoms with E-state index in [1.54, 1.807) is 135 Å². The molecule has 0 bridgehead atoms. The Labute approximate surface area is 373 Å². The molecular formula is C57H111Cr. The zero-order chi connectivity index (χ0) is 42.3. The van der Waals surface area contributed by atoms with Crippen molar-refractivity contribution in [1.29, 1.82) is 0 Å². The third kappa shape index (κ3) is 12.0. The van der Waals surface area contributed by atoms with Crippen molar-refractivity contribution in [1.82, 2.24) is 0 Å². The second-order valence-electron chi connectivity index (χ2n) is 21.7. The fraction of sp³-hybridized carbons (Fsp3) is 1.00. The van der Waals surface area contributed by atoms with E-state index < -0.39 is 14.1 Å². The molecule has 0 nitrogen and oxygen atoms in total. The molecule has 0 N–H and O–H groups in total. The molecule has 0 aliphatic heterocycles. The molecule has 3 fully saturated rings. The van der Waals surface area contributed by atoms with Gasteiger partial charge in [-0.3, -0.25) is 0 Å². The van der Waals surface area contributed by atoms with Gasteiger partial charge in [-0.1, -0.05) is 0 Å². The van der Waals surface area contributed by atoms with Crippen LogP contribution in [-0.4, -0.2) is 0 Å². The summed E-state index contributed by atoms with van der Waals surface area (Å²) in [5, 5.41) is 0. The van der Waals surface area contributed by atoms with Crippen molar-refractivity contribution in [2.75, 3.05) is 0 Å². The summed E-state index contributed by atoms with van der Waals surface area (Å²) < 4.78 is 1.85. The van der Waals surface area contributed by atoms with E-state index in [0.717, 1.165) is 0 Å². The van der Waals surface area contributed by atoms with Gasteiger partial charge in [-0.05, 0) is 0 Å². The molecule has 0 radical (unpaired) electrons. The van der Waals surface area contributed by atoms with E-state index in [1.807, 2.05) is 0 Å². The van der Waals surface area contributed by atoms with E-state index in [4.69, 9.17) is 0 Å². The Kier molecular flexibility index (Phi) is 25.2. The van der Waals surface area contributed by atoms with Gasteiger partial charge in [-0.2, -0.15) is 0 Å². The Morgan fingerprint density at radius 1 is 0.259 bits per heavy atom. The molecule has 58 heavy (non-hydrogen) atoms. The summed E-state index contributed by atoms with van der Waals surface area (Å²) in [5.41, 5.74) is 1.69. The zero-order valence-corrected chi connectivity index (χ0v) is 43.4. The normalized spacial score (nSPS) is 20.2. The van der Waals surface area contributed by atoms with Crippen LogP contribution in [0.2, 0.25) is 12.8 Å². The molecule has 0 aromatic heterocycles. The van der Waals surface area contributed by atoms with Gasteiger partial charge in [0.15, 0.2) is 0 Å².